The average Bonchev–Trinajstić information content (AvgIpc) is 2.41. The second-order valence-corrected chi connectivity index (χ2v) is 5.05. The number of aromatic nitrogens is 2. The largest absolute Gasteiger partial charge is 0.468 e. The fourth-order valence-corrected chi connectivity index (χ4v) is 1.82. The minimum absolute atomic E-state index is 0.159. The molecule has 1 aromatic heterocycles. The van der Waals surface area contributed by atoms with Crippen molar-refractivity contribution >= 4 is 27.6 Å². The Hall–Kier alpha value is -1.41. The van der Waals surface area contributed by atoms with Crippen LogP contribution < -0.4 is 10.9 Å². The lowest BCUT2D eigenvalue weighted by Crippen LogP contribution is -2.28. The molecule has 0 saturated carbocycles. The number of ether oxygens (including phenoxy) is 2. The first-order valence-corrected chi connectivity index (χ1v) is 6.93. The van der Waals surface area contributed by atoms with Gasteiger partial charge >= 0.3 is 5.97 Å². The molecule has 112 valence electrons. The maximum Gasteiger partial charge on any atom is 0.327 e. The van der Waals surface area contributed by atoms with Gasteiger partial charge in [0.1, 0.15) is 11.0 Å². The van der Waals surface area contributed by atoms with Crippen LogP contribution in [0.5, 0.6) is 0 Å². The van der Waals surface area contributed by atoms with Gasteiger partial charge in [-0.2, -0.15) is 5.10 Å². The maximum absolute atomic E-state index is 12.0. The van der Waals surface area contributed by atoms with E-state index in [0.717, 1.165) is 4.68 Å². The van der Waals surface area contributed by atoms with E-state index in [1.807, 2.05) is 13.8 Å². The first kappa shape index (κ1) is 16.6. The number of methoxy groups -OCH3 is 1. The molecule has 0 aliphatic heterocycles. The summed E-state index contributed by atoms with van der Waals surface area (Å²) >= 11 is 3.20. The first-order chi connectivity index (χ1) is 9.45. The average molecular weight is 348 g/mol. The topological polar surface area (TPSA) is 82.5 Å². The molecule has 0 spiro atoms. The van der Waals surface area contributed by atoms with Gasteiger partial charge in [0, 0.05) is 6.54 Å². The standard InChI is InChI=1S/C12H18BrN3O4/c1-8(2)20-5-4-14-9-6-15-16(7-10(17)19-3)12(18)11(9)13/h6,8,14H,4-5,7H2,1-3H3. The molecule has 7 nitrogen and oxygen atoms in total. The molecule has 0 aliphatic rings. The van der Waals surface area contributed by atoms with Crippen LogP contribution in [-0.4, -0.2) is 42.1 Å². The zero-order chi connectivity index (χ0) is 15.1. The summed E-state index contributed by atoms with van der Waals surface area (Å²) in [5.41, 5.74) is 0.161. The maximum atomic E-state index is 12.0. The van der Waals surface area contributed by atoms with E-state index in [1.54, 1.807) is 0 Å². The molecule has 0 radical (unpaired) electrons. The number of nitrogens with zero attached hydrogens (tertiary/aromatic N) is 2. The summed E-state index contributed by atoms with van der Waals surface area (Å²) in [7, 11) is 1.26. The SMILES string of the molecule is COC(=O)Cn1ncc(NCCOC(C)C)c(Br)c1=O. The van der Waals surface area contributed by atoms with E-state index >= 15 is 0 Å². The highest BCUT2D eigenvalue weighted by Crippen LogP contribution is 2.15. The van der Waals surface area contributed by atoms with Gasteiger partial charge in [-0.25, -0.2) is 4.68 Å². The lowest BCUT2D eigenvalue weighted by atomic mass is 10.4. The molecule has 8 heteroatoms. The van der Waals surface area contributed by atoms with Gasteiger partial charge in [0.25, 0.3) is 5.56 Å². The summed E-state index contributed by atoms with van der Waals surface area (Å²) in [6.45, 7) is 4.76. The quantitative estimate of drug-likeness (QED) is 0.585. The normalized spacial score (nSPS) is 10.7. The molecular weight excluding hydrogens is 330 g/mol. The fourth-order valence-electron chi connectivity index (χ4n) is 1.37. The van der Waals surface area contributed by atoms with Gasteiger partial charge in [0.2, 0.25) is 0 Å². The second kappa shape index (κ2) is 8.01. The molecule has 20 heavy (non-hydrogen) atoms. The van der Waals surface area contributed by atoms with Crippen LogP contribution in [0.4, 0.5) is 5.69 Å². The highest BCUT2D eigenvalue weighted by molar-refractivity contribution is 9.10. The van der Waals surface area contributed by atoms with Crippen LogP contribution in [0, 0.1) is 0 Å². The molecule has 1 heterocycles. The Balaban J connectivity index is 2.69. The van der Waals surface area contributed by atoms with Crippen molar-refractivity contribution in [2.75, 3.05) is 25.6 Å². The van der Waals surface area contributed by atoms with Gasteiger partial charge < -0.3 is 14.8 Å². The highest BCUT2D eigenvalue weighted by atomic mass is 79.9. The van der Waals surface area contributed by atoms with Gasteiger partial charge in [0.05, 0.1) is 31.7 Å². The molecule has 0 fully saturated rings. The van der Waals surface area contributed by atoms with E-state index < -0.39 is 11.5 Å². The Morgan fingerprint density at radius 2 is 2.25 bits per heavy atom. The summed E-state index contributed by atoms with van der Waals surface area (Å²) in [5.74, 6) is -0.530. The predicted molar refractivity (Wildman–Crippen MR) is 77.8 cm³/mol. The Kier molecular flexibility index (Phi) is 6.66. The van der Waals surface area contributed by atoms with E-state index in [9.17, 15) is 9.59 Å². The van der Waals surface area contributed by atoms with Gasteiger partial charge in [-0.05, 0) is 29.8 Å². The third kappa shape index (κ3) is 4.93. The summed E-state index contributed by atoms with van der Waals surface area (Å²) in [6, 6.07) is 0. The Labute approximate surface area is 125 Å². The summed E-state index contributed by atoms with van der Waals surface area (Å²) in [6.07, 6.45) is 1.63. The summed E-state index contributed by atoms with van der Waals surface area (Å²) in [4.78, 5) is 23.1. The second-order valence-electron chi connectivity index (χ2n) is 4.26. The number of anilines is 1. The molecule has 0 aliphatic carbocycles. The molecule has 1 N–H and O–H groups in total. The number of carbonyl (C=O) groups excluding carboxylic acids is 1. The Morgan fingerprint density at radius 3 is 2.85 bits per heavy atom. The van der Waals surface area contributed by atoms with E-state index in [-0.39, 0.29) is 12.6 Å². The van der Waals surface area contributed by atoms with E-state index in [0.29, 0.717) is 23.3 Å². The minimum Gasteiger partial charge on any atom is -0.468 e. The number of hydrogen-bond acceptors (Lipinski definition) is 6. The van der Waals surface area contributed by atoms with Crippen molar-refractivity contribution in [1.29, 1.82) is 0 Å². The number of halogens is 1. The molecule has 0 amide bonds. The van der Waals surface area contributed by atoms with Gasteiger partial charge in [-0.15, -0.1) is 0 Å². The third-order valence-electron chi connectivity index (χ3n) is 2.36. The van der Waals surface area contributed by atoms with Crippen LogP contribution in [-0.2, 0) is 20.8 Å². The molecule has 0 unspecified atom stereocenters. The van der Waals surface area contributed by atoms with Crippen molar-refractivity contribution in [3.8, 4) is 0 Å². The summed E-state index contributed by atoms with van der Waals surface area (Å²) < 4.78 is 11.2. The summed E-state index contributed by atoms with van der Waals surface area (Å²) in [5, 5.41) is 6.95. The van der Waals surface area contributed by atoms with Crippen molar-refractivity contribution in [1.82, 2.24) is 9.78 Å². The first-order valence-electron chi connectivity index (χ1n) is 6.13. The number of carbonyl (C=O) groups is 1. The monoisotopic (exact) mass is 347 g/mol. The Bertz CT molecular complexity index is 516. The highest BCUT2D eigenvalue weighted by Gasteiger charge is 2.11. The van der Waals surface area contributed by atoms with Crippen LogP contribution in [0.3, 0.4) is 0 Å². The van der Waals surface area contributed by atoms with Crippen molar-refractivity contribution < 1.29 is 14.3 Å². The fraction of sp³-hybridized carbons (Fsp3) is 0.583. The molecular formula is C12H18BrN3O4. The number of rotatable bonds is 7. The zero-order valence-corrected chi connectivity index (χ0v) is 13.3. The smallest absolute Gasteiger partial charge is 0.327 e. The zero-order valence-electron chi connectivity index (χ0n) is 11.7. The molecule has 1 aromatic rings. The van der Waals surface area contributed by atoms with Crippen molar-refractivity contribution in [3.05, 3.63) is 21.0 Å². The van der Waals surface area contributed by atoms with Crippen LogP contribution in [0.2, 0.25) is 0 Å². The molecule has 0 aromatic carbocycles. The number of hydrogen-bond donors (Lipinski definition) is 1. The Morgan fingerprint density at radius 1 is 1.55 bits per heavy atom. The van der Waals surface area contributed by atoms with Crippen LogP contribution in [0.1, 0.15) is 13.8 Å². The molecule has 0 saturated heterocycles. The van der Waals surface area contributed by atoms with Crippen molar-refractivity contribution in [3.63, 3.8) is 0 Å². The minimum atomic E-state index is -0.530. The molecule has 0 bridgehead atoms. The van der Waals surface area contributed by atoms with Crippen LogP contribution in [0.15, 0.2) is 15.5 Å². The van der Waals surface area contributed by atoms with E-state index in [1.165, 1.54) is 13.3 Å². The number of esters is 1. The molecule has 1 rings (SSSR count). The molecule has 0 atom stereocenters. The predicted octanol–water partition coefficient (Wildman–Crippen LogP) is 1.02. The van der Waals surface area contributed by atoms with E-state index in [2.05, 4.69) is 31.1 Å². The van der Waals surface area contributed by atoms with Crippen molar-refractivity contribution in [2.45, 2.75) is 26.5 Å². The van der Waals surface area contributed by atoms with Gasteiger partial charge in [0.15, 0.2) is 0 Å². The van der Waals surface area contributed by atoms with Crippen molar-refractivity contribution in [2.24, 2.45) is 0 Å². The lowest BCUT2D eigenvalue weighted by molar-refractivity contribution is -0.141. The third-order valence-corrected chi connectivity index (χ3v) is 3.13. The number of nitrogens with one attached hydrogen (secondary N) is 1. The van der Waals surface area contributed by atoms with Crippen LogP contribution >= 0.6 is 15.9 Å². The van der Waals surface area contributed by atoms with Gasteiger partial charge in [-0.3, -0.25) is 9.59 Å². The lowest BCUT2D eigenvalue weighted by Gasteiger charge is -2.11. The van der Waals surface area contributed by atoms with Gasteiger partial charge in [-0.1, -0.05) is 0 Å². The van der Waals surface area contributed by atoms with E-state index in [4.69, 9.17) is 4.74 Å². The van der Waals surface area contributed by atoms with Crippen LogP contribution in [0.25, 0.3) is 0 Å².